The molecule has 0 aliphatic carbocycles. The minimum absolute atomic E-state index is 0.266. The fourth-order valence-electron chi connectivity index (χ4n) is 1.64. The lowest BCUT2D eigenvalue weighted by Crippen LogP contribution is -2.27. The standard InChI is InChI=1S/C9H14O4/c1-3-6(8(10)12-2)7-4-5-13-9(7)11/h6-7H,3-5H2,1-2H3/t6-,7+/m1/s1. The summed E-state index contributed by atoms with van der Waals surface area (Å²) in [4.78, 5) is 22.4. The van der Waals surface area contributed by atoms with Crippen molar-refractivity contribution in [1.29, 1.82) is 0 Å². The highest BCUT2D eigenvalue weighted by atomic mass is 16.5. The zero-order chi connectivity index (χ0) is 9.84. The molecule has 74 valence electrons. The van der Waals surface area contributed by atoms with E-state index in [1.165, 1.54) is 7.11 Å². The third-order valence-electron chi connectivity index (χ3n) is 2.41. The number of cyclic esters (lactones) is 1. The molecule has 1 heterocycles. The maximum absolute atomic E-state index is 11.2. The molecule has 1 rings (SSSR count). The minimum Gasteiger partial charge on any atom is -0.469 e. The van der Waals surface area contributed by atoms with Gasteiger partial charge in [-0.1, -0.05) is 6.92 Å². The van der Waals surface area contributed by atoms with Gasteiger partial charge in [0.25, 0.3) is 0 Å². The van der Waals surface area contributed by atoms with Crippen LogP contribution in [0.1, 0.15) is 19.8 Å². The lowest BCUT2D eigenvalue weighted by atomic mass is 9.89. The number of hydrogen-bond acceptors (Lipinski definition) is 4. The van der Waals surface area contributed by atoms with Gasteiger partial charge in [-0.05, 0) is 12.8 Å². The Morgan fingerprint density at radius 3 is 2.85 bits per heavy atom. The van der Waals surface area contributed by atoms with E-state index < -0.39 is 0 Å². The molecule has 4 nitrogen and oxygen atoms in total. The second-order valence-corrected chi connectivity index (χ2v) is 3.10. The van der Waals surface area contributed by atoms with Crippen molar-refractivity contribution in [3.05, 3.63) is 0 Å². The molecule has 1 aliphatic rings. The highest BCUT2D eigenvalue weighted by Gasteiger charge is 2.37. The number of methoxy groups -OCH3 is 1. The van der Waals surface area contributed by atoms with Gasteiger partial charge < -0.3 is 9.47 Å². The van der Waals surface area contributed by atoms with Gasteiger partial charge >= 0.3 is 11.9 Å². The number of esters is 2. The van der Waals surface area contributed by atoms with E-state index in [1.807, 2.05) is 6.92 Å². The van der Waals surface area contributed by atoms with Crippen molar-refractivity contribution < 1.29 is 19.1 Å². The number of rotatable bonds is 3. The van der Waals surface area contributed by atoms with Crippen molar-refractivity contribution >= 4 is 11.9 Å². The highest BCUT2D eigenvalue weighted by molar-refractivity contribution is 5.82. The van der Waals surface area contributed by atoms with Gasteiger partial charge in [-0.3, -0.25) is 9.59 Å². The van der Waals surface area contributed by atoms with Crippen LogP contribution in [0.3, 0.4) is 0 Å². The zero-order valence-electron chi connectivity index (χ0n) is 7.91. The van der Waals surface area contributed by atoms with E-state index in [2.05, 4.69) is 4.74 Å². The van der Waals surface area contributed by atoms with E-state index in [0.29, 0.717) is 19.4 Å². The predicted octanol–water partition coefficient (Wildman–Crippen LogP) is 0.749. The lowest BCUT2D eigenvalue weighted by Gasteiger charge is -2.15. The molecule has 1 aliphatic heterocycles. The van der Waals surface area contributed by atoms with Crippen LogP contribution in [-0.2, 0) is 19.1 Å². The summed E-state index contributed by atoms with van der Waals surface area (Å²) >= 11 is 0. The number of hydrogen-bond donors (Lipinski definition) is 0. The second-order valence-electron chi connectivity index (χ2n) is 3.10. The summed E-state index contributed by atoms with van der Waals surface area (Å²) in [5.74, 6) is -1.21. The van der Waals surface area contributed by atoms with Crippen LogP contribution in [0.5, 0.6) is 0 Å². The summed E-state index contributed by atoms with van der Waals surface area (Å²) in [6, 6.07) is 0. The summed E-state index contributed by atoms with van der Waals surface area (Å²) in [7, 11) is 1.34. The van der Waals surface area contributed by atoms with Gasteiger partial charge in [0.05, 0.1) is 25.6 Å². The molecular weight excluding hydrogens is 172 g/mol. The van der Waals surface area contributed by atoms with Crippen LogP contribution in [0.25, 0.3) is 0 Å². The third kappa shape index (κ3) is 1.99. The average molecular weight is 186 g/mol. The van der Waals surface area contributed by atoms with Crippen molar-refractivity contribution in [2.24, 2.45) is 11.8 Å². The molecule has 0 bridgehead atoms. The first kappa shape index (κ1) is 10.0. The monoisotopic (exact) mass is 186 g/mol. The van der Waals surface area contributed by atoms with Gasteiger partial charge in [0, 0.05) is 0 Å². The predicted molar refractivity (Wildman–Crippen MR) is 44.9 cm³/mol. The van der Waals surface area contributed by atoms with Gasteiger partial charge in [0.1, 0.15) is 0 Å². The molecule has 0 unspecified atom stereocenters. The molecule has 0 radical (unpaired) electrons. The van der Waals surface area contributed by atoms with E-state index >= 15 is 0 Å². The number of ether oxygens (including phenoxy) is 2. The molecule has 0 amide bonds. The number of carbonyl (C=O) groups excluding carboxylic acids is 2. The highest BCUT2D eigenvalue weighted by Crippen LogP contribution is 2.26. The maximum atomic E-state index is 11.2. The van der Waals surface area contributed by atoms with Gasteiger partial charge in [-0.15, -0.1) is 0 Å². The maximum Gasteiger partial charge on any atom is 0.309 e. The van der Waals surface area contributed by atoms with E-state index in [-0.39, 0.29) is 23.8 Å². The molecule has 4 heteroatoms. The van der Waals surface area contributed by atoms with Crippen molar-refractivity contribution in [1.82, 2.24) is 0 Å². The van der Waals surface area contributed by atoms with Crippen molar-refractivity contribution in [2.75, 3.05) is 13.7 Å². The summed E-state index contributed by atoms with van der Waals surface area (Å²) in [5.41, 5.74) is 0. The van der Waals surface area contributed by atoms with E-state index in [0.717, 1.165) is 0 Å². The fraction of sp³-hybridized carbons (Fsp3) is 0.778. The molecule has 0 saturated carbocycles. The Morgan fingerprint density at radius 1 is 1.77 bits per heavy atom. The first-order valence-electron chi connectivity index (χ1n) is 4.45. The van der Waals surface area contributed by atoms with Gasteiger partial charge in [0.2, 0.25) is 0 Å². The topological polar surface area (TPSA) is 52.6 Å². The molecule has 0 aromatic carbocycles. The Balaban J connectivity index is 2.65. The average Bonchev–Trinajstić information content (AvgIpc) is 2.53. The minimum atomic E-state index is -0.333. The van der Waals surface area contributed by atoms with E-state index in [1.54, 1.807) is 0 Å². The molecule has 2 atom stereocenters. The van der Waals surface area contributed by atoms with Crippen LogP contribution in [-0.4, -0.2) is 25.7 Å². The second kappa shape index (κ2) is 4.25. The number of carbonyl (C=O) groups is 2. The van der Waals surface area contributed by atoms with Gasteiger partial charge in [-0.2, -0.15) is 0 Å². The van der Waals surface area contributed by atoms with Crippen LogP contribution in [0.4, 0.5) is 0 Å². The van der Waals surface area contributed by atoms with Crippen molar-refractivity contribution in [2.45, 2.75) is 19.8 Å². The molecule has 1 saturated heterocycles. The molecule has 1 fully saturated rings. The van der Waals surface area contributed by atoms with Crippen LogP contribution < -0.4 is 0 Å². The van der Waals surface area contributed by atoms with Gasteiger partial charge in [0.15, 0.2) is 0 Å². The van der Waals surface area contributed by atoms with Crippen LogP contribution in [0.15, 0.2) is 0 Å². The summed E-state index contributed by atoms with van der Waals surface area (Å²) in [5, 5.41) is 0. The lowest BCUT2D eigenvalue weighted by molar-refractivity contribution is -0.153. The SMILES string of the molecule is CC[C@@H](C(=O)OC)[C@@H]1CCOC1=O. The summed E-state index contributed by atoms with van der Waals surface area (Å²) < 4.78 is 9.41. The van der Waals surface area contributed by atoms with Crippen LogP contribution in [0.2, 0.25) is 0 Å². The molecule has 13 heavy (non-hydrogen) atoms. The van der Waals surface area contributed by atoms with E-state index in [9.17, 15) is 9.59 Å². The first-order chi connectivity index (χ1) is 6.20. The molecule has 0 N–H and O–H groups in total. The van der Waals surface area contributed by atoms with Crippen molar-refractivity contribution in [3.63, 3.8) is 0 Å². The quantitative estimate of drug-likeness (QED) is 0.610. The van der Waals surface area contributed by atoms with Crippen LogP contribution in [0, 0.1) is 11.8 Å². The molecule has 0 aromatic rings. The molecule has 0 aromatic heterocycles. The molecular formula is C9H14O4. The fourth-order valence-corrected chi connectivity index (χ4v) is 1.64. The summed E-state index contributed by atoms with van der Waals surface area (Å²) in [6.45, 7) is 2.30. The summed E-state index contributed by atoms with van der Waals surface area (Å²) in [6.07, 6.45) is 1.25. The first-order valence-corrected chi connectivity index (χ1v) is 4.45. The Labute approximate surface area is 77.2 Å². The van der Waals surface area contributed by atoms with Crippen LogP contribution >= 0.6 is 0 Å². The zero-order valence-corrected chi connectivity index (χ0v) is 7.91. The Kier molecular flexibility index (Phi) is 3.28. The largest absolute Gasteiger partial charge is 0.469 e. The molecule has 0 spiro atoms. The van der Waals surface area contributed by atoms with Gasteiger partial charge in [-0.25, -0.2) is 0 Å². The Morgan fingerprint density at radius 2 is 2.46 bits per heavy atom. The Bertz CT molecular complexity index is 212. The third-order valence-corrected chi connectivity index (χ3v) is 2.41. The normalized spacial score (nSPS) is 23.8. The van der Waals surface area contributed by atoms with Crippen molar-refractivity contribution in [3.8, 4) is 0 Å². The smallest absolute Gasteiger partial charge is 0.309 e. The van der Waals surface area contributed by atoms with E-state index in [4.69, 9.17) is 4.74 Å². The Hall–Kier alpha value is -1.06.